The second-order valence-corrected chi connectivity index (χ2v) is 13.3. The molecule has 0 spiro atoms. The second kappa shape index (κ2) is 34.6. The largest absolute Gasteiger partial charge is 0.498 e. The van der Waals surface area contributed by atoms with Gasteiger partial charge in [0.15, 0.2) is 6.10 Å². The quantitative estimate of drug-likeness (QED) is 0.0155. The molecule has 0 aromatic heterocycles. The number of rotatable bonds is 33. The van der Waals surface area contributed by atoms with E-state index < -0.39 is 26.5 Å². The normalized spacial score (nSPS) is 14.1. The Hall–Kier alpha value is -2.22. The first kappa shape index (κ1) is 45.8. The molecule has 8 nitrogen and oxygen atoms in total. The fourth-order valence-corrected chi connectivity index (χ4v) is 4.99. The van der Waals surface area contributed by atoms with Crippen LogP contribution in [0.15, 0.2) is 73.1 Å². The van der Waals surface area contributed by atoms with E-state index in [9.17, 15) is 14.5 Å². The van der Waals surface area contributed by atoms with E-state index in [1.807, 2.05) is 37.3 Å². The van der Waals surface area contributed by atoms with Crippen molar-refractivity contribution in [1.82, 2.24) is 0 Å². The number of phosphoric ester groups is 1. The van der Waals surface area contributed by atoms with Crippen LogP contribution in [0, 0.1) is 0 Å². The second-order valence-electron chi connectivity index (χ2n) is 12.1. The third-order valence-corrected chi connectivity index (χ3v) is 7.98. The van der Waals surface area contributed by atoms with Gasteiger partial charge < -0.3 is 24.4 Å². The molecule has 0 aromatic carbocycles. The van der Waals surface area contributed by atoms with E-state index in [2.05, 4.69) is 41.8 Å². The van der Waals surface area contributed by atoms with E-state index in [0.717, 1.165) is 44.9 Å². The number of unbranched alkanes of at least 4 members (excludes halogenated alkanes) is 13. The van der Waals surface area contributed by atoms with Gasteiger partial charge in [-0.3, -0.25) is 9.32 Å². The molecule has 0 unspecified atom stereocenters. The molecule has 0 fully saturated rings. The summed E-state index contributed by atoms with van der Waals surface area (Å²) in [4.78, 5) is 30.4. The van der Waals surface area contributed by atoms with E-state index in [-0.39, 0.29) is 19.1 Å². The average molecular weight is 695 g/mol. The van der Waals surface area contributed by atoms with E-state index >= 15 is 0 Å². The van der Waals surface area contributed by atoms with Crippen molar-refractivity contribution in [2.75, 3.05) is 13.2 Å². The predicted octanol–water partition coefficient (Wildman–Crippen LogP) is 10.5. The molecule has 276 valence electrons. The Balaban J connectivity index is 4.06. The fourth-order valence-electron chi connectivity index (χ4n) is 4.63. The highest BCUT2D eigenvalue weighted by Gasteiger charge is 2.21. The van der Waals surface area contributed by atoms with Crippen LogP contribution in [0.25, 0.3) is 0 Å². The third kappa shape index (κ3) is 36.6. The smallest absolute Gasteiger partial charge is 0.469 e. The van der Waals surface area contributed by atoms with Gasteiger partial charge in [0, 0.05) is 6.42 Å². The lowest BCUT2D eigenvalue weighted by molar-refractivity contribution is -0.153. The Morgan fingerprint density at radius 3 is 1.79 bits per heavy atom. The highest BCUT2D eigenvalue weighted by Crippen LogP contribution is 2.35. The first-order valence-electron chi connectivity index (χ1n) is 18.4. The Labute approximate surface area is 292 Å². The molecule has 0 saturated carbocycles. The number of hydrogen-bond acceptors (Lipinski definition) is 6. The van der Waals surface area contributed by atoms with E-state index in [0.29, 0.717) is 6.42 Å². The molecule has 2 atom stereocenters. The lowest BCUT2D eigenvalue weighted by atomic mass is 10.0. The van der Waals surface area contributed by atoms with Crippen LogP contribution in [0.1, 0.15) is 142 Å². The van der Waals surface area contributed by atoms with E-state index in [1.54, 1.807) is 12.3 Å². The number of carbonyl (C=O) groups is 1. The highest BCUT2D eigenvalue weighted by molar-refractivity contribution is 7.46. The van der Waals surface area contributed by atoms with Gasteiger partial charge in [-0.15, -0.1) is 0 Å². The van der Waals surface area contributed by atoms with Crippen molar-refractivity contribution in [2.24, 2.45) is 0 Å². The molecule has 0 amide bonds. The van der Waals surface area contributed by atoms with Gasteiger partial charge in [0.05, 0.1) is 19.0 Å². The number of allylic oxidation sites excluding steroid dienone is 10. The van der Waals surface area contributed by atoms with Crippen molar-refractivity contribution in [3.8, 4) is 0 Å². The van der Waals surface area contributed by atoms with Crippen LogP contribution in [0.4, 0.5) is 0 Å². The van der Waals surface area contributed by atoms with Crippen LogP contribution in [0.3, 0.4) is 0 Å². The maximum absolute atomic E-state index is 12.3. The molecule has 0 saturated heterocycles. The van der Waals surface area contributed by atoms with Crippen LogP contribution in [-0.4, -0.2) is 46.3 Å². The van der Waals surface area contributed by atoms with Crippen LogP contribution in [-0.2, 0) is 23.4 Å². The Morgan fingerprint density at radius 1 is 0.667 bits per heavy atom. The zero-order chi connectivity index (χ0) is 35.4. The van der Waals surface area contributed by atoms with Gasteiger partial charge in [-0.2, -0.15) is 0 Å². The molecule has 3 N–H and O–H groups in total. The minimum atomic E-state index is -4.69. The SMILES string of the molecule is CCCCCCCCCCCCCC/C=C/OC[C@H](COP(=O)(O)O)OC(=O)CCC/C=C\C/C=C\C/C=C\C/C=C\C=C\[C@H](O)CC. The maximum Gasteiger partial charge on any atom is 0.469 e. The predicted molar refractivity (Wildman–Crippen MR) is 198 cm³/mol. The number of aliphatic hydroxyl groups excluding tert-OH is 1. The summed E-state index contributed by atoms with van der Waals surface area (Å²) in [5.41, 5.74) is 0. The molecule has 0 bridgehead atoms. The topological polar surface area (TPSA) is 123 Å². The molecule has 0 rings (SSSR count). The number of hydrogen-bond donors (Lipinski definition) is 3. The van der Waals surface area contributed by atoms with Crippen molar-refractivity contribution in [2.45, 2.75) is 154 Å². The van der Waals surface area contributed by atoms with E-state index in [1.165, 1.54) is 70.6 Å². The zero-order valence-electron chi connectivity index (χ0n) is 30.0. The van der Waals surface area contributed by atoms with Gasteiger partial charge in [-0.05, 0) is 57.4 Å². The number of carbonyl (C=O) groups excluding carboxylic acids is 1. The minimum Gasteiger partial charge on any atom is -0.498 e. The van der Waals surface area contributed by atoms with E-state index in [4.69, 9.17) is 19.3 Å². The van der Waals surface area contributed by atoms with Crippen LogP contribution < -0.4 is 0 Å². The van der Waals surface area contributed by atoms with Crippen molar-refractivity contribution in [3.05, 3.63) is 73.1 Å². The number of ether oxygens (including phenoxy) is 2. The number of phosphoric acid groups is 1. The lowest BCUT2D eigenvalue weighted by Crippen LogP contribution is -2.27. The first-order valence-corrected chi connectivity index (χ1v) is 19.9. The molecular weight excluding hydrogens is 627 g/mol. The minimum absolute atomic E-state index is 0.0415. The summed E-state index contributed by atoms with van der Waals surface area (Å²) in [7, 11) is -4.69. The summed E-state index contributed by atoms with van der Waals surface area (Å²) < 4.78 is 26.6. The van der Waals surface area contributed by atoms with Crippen molar-refractivity contribution >= 4 is 13.8 Å². The molecule has 0 aliphatic carbocycles. The monoisotopic (exact) mass is 694 g/mol. The molecular formula is C39H67O8P. The Bertz CT molecular complexity index is 963. The Morgan fingerprint density at radius 2 is 1.21 bits per heavy atom. The first-order chi connectivity index (χ1) is 23.3. The summed E-state index contributed by atoms with van der Waals surface area (Å²) in [6.45, 7) is 3.71. The number of aliphatic hydroxyl groups is 1. The van der Waals surface area contributed by atoms with Gasteiger partial charge in [-0.1, -0.05) is 145 Å². The van der Waals surface area contributed by atoms with Crippen molar-refractivity contribution in [3.63, 3.8) is 0 Å². The summed E-state index contributed by atoms with van der Waals surface area (Å²) >= 11 is 0. The molecule has 0 aliphatic rings. The zero-order valence-corrected chi connectivity index (χ0v) is 30.9. The Kier molecular flexibility index (Phi) is 33.0. The van der Waals surface area contributed by atoms with Gasteiger partial charge in [0.2, 0.25) is 0 Å². The number of esters is 1. The van der Waals surface area contributed by atoms with Crippen LogP contribution >= 0.6 is 7.82 Å². The summed E-state index contributed by atoms with van der Waals surface area (Å²) in [6.07, 6.45) is 43.6. The van der Waals surface area contributed by atoms with Crippen molar-refractivity contribution < 1.29 is 38.3 Å². The molecule has 9 heteroatoms. The highest BCUT2D eigenvalue weighted by atomic mass is 31.2. The summed E-state index contributed by atoms with van der Waals surface area (Å²) in [6, 6.07) is 0. The molecule has 0 radical (unpaired) electrons. The van der Waals surface area contributed by atoms with Crippen LogP contribution in [0.2, 0.25) is 0 Å². The summed E-state index contributed by atoms with van der Waals surface area (Å²) in [5, 5.41) is 9.44. The molecule has 0 heterocycles. The van der Waals surface area contributed by atoms with Gasteiger partial charge in [-0.25, -0.2) is 4.57 Å². The molecule has 0 aliphatic heterocycles. The summed E-state index contributed by atoms with van der Waals surface area (Å²) in [5.74, 6) is -0.456. The van der Waals surface area contributed by atoms with Crippen molar-refractivity contribution in [1.29, 1.82) is 0 Å². The lowest BCUT2D eigenvalue weighted by Gasteiger charge is -2.17. The van der Waals surface area contributed by atoms with Crippen LogP contribution in [0.5, 0.6) is 0 Å². The molecule has 48 heavy (non-hydrogen) atoms. The standard InChI is InChI=1S/C39H67O8P/c1-3-5-6-7-8-9-10-11-16-19-22-25-28-31-34-45-35-38(36-46-48(42,43)44)47-39(41)33-30-27-24-21-18-15-13-12-14-17-20-23-26-29-32-37(40)4-2/h13-15,17,21,23-24,26,29,31-32,34,37-38,40H,3-12,16,18-20,22,25,27-28,30,33,35-36H2,1-2H3,(H2,42,43,44)/b15-13-,17-14-,24-21-,26-23-,32-29+,34-31+/t37-,38-/m1/s1. The fraction of sp³-hybridized carbons (Fsp3) is 0.667. The van der Waals surface area contributed by atoms with Gasteiger partial charge >= 0.3 is 13.8 Å². The van der Waals surface area contributed by atoms with Gasteiger partial charge in [0.25, 0.3) is 0 Å². The average Bonchev–Trinajstić information content (AvgIpc) is 3.06. The maximum atomic E-state index is 12.3. The third-order valence-electron chi connectivity index (χ3n) is 7.49. The van der Waals surface area contributed by atoms with Gasteiger partial charge in [0.1, 0.15) is 6.61 Å². The molecule has 0 aromatic rings.